The molecule has 4 nitrogen and oxygen atoms in total. The van der Waals surface area contributed by atoms with Crippen molar-refractivity contribution in [3.05, 3.63) is 35.3 Å². The van der Waals surface area contributed by atoms with E-state index in [1.807, 2.05) is 62.5 Å². The van der Waals surface area contributed by atoms with Crippen molar-refractivity contribution in [2.24, 2.45) is 0 Å². The lowest BCUT2D eigenvalue weighted by Crippen LogP contribution is -2.22. The molecule has 1 aromatic carbocycles. The summed E-state index contributed by atoms with van der Waals surface area (Å²) >= 11 is 3.06. The van der Waals surface area contributed by atoms with Gasteiger partial charge < -0.3 is 10.2 Å². The van der Waals surface area contributed by atoms with Crippen molar-refractivity contribution < 1.29 is 4.79 Å². The maximum atomic E-state index is 12.2. The maximum Gasteiger partial charge on any atom is 0.237 e. The van der Waals surface area contributed by atoms with Gasteiger partial charge in [0.05, 0.1) is 5.25 Å². The molecule has 2 rings (SSSR count). The largest absolute Gasteiger partial charge is 0.378 e. The van der Waals surface area contributed by atoms with Crippen LogP contribution in [0.25, 0.3) is 0 Å². The molecule has 0 aliphatic rings. The molecule has 0 aliphatic carbocycles. The Kier molecular flexibility index (Phi) is 5.25. The molecule has 112 valence electrons. The van der Waals surface area contributed by atoms with E-state index in [4.69, 9.17) is 0 Å². The van der Waals surface area contributed by atoms with Crippen molar-refractivity contribution in [3.63, 3.8) is 0 Å². The van der Waals surface area contributed by atoms with E-state index in [9.17, 15) is 4.79 Å². The summed E-state index contributed by atoms with van der Waals surface area (Å²) in [6, 6.07) is 7.80. The average molecular weight is 321 g/mol. The fourth-order valence-corrected chi connectivity index (χ4v) is 3.66. The van der Waals surface area contributed by atoms with E-state index in [-0.39, 0.29) is 11.2 Å². The number of rotatable bonds is 5. The van der Waals surface area contributed by atoms with Crippen LogP contribution in [0.5, 0.6) is 0 Å². The smallest absolute Gasteiger partial charge is 0.237 e. The number of hydrogen-bond acceptors (Lipinski definition) is 5. The fourth-order valence-electron chi connectivity index (χ4n) is 1.68. The van der Waals surface area contributed by atoms with Crippen LogP contribution in [0.1, 0.15) is 12.6 Å². The third-order valence-electron chi connectivity index (χ3n) is 2.90. The van der Waals surface area contributed by atoms with Gasteiger partial charge in [-0.05, 0) is 38.1 Å². The second-order valence-electron chi connectivity index (χ2n) is 4.95. The number of benzene rings is 1. The van der Waals surface area contributed by atoms with Crippen molar-refractivity contribution in [2.45, 2.75) is 23.4 Å². The minimum atomic E-state index is -0.177. The first-order valence-corrected chi connectivity index (χ1v) is 8.38. The molecule has 1 atom stereocenters. The molecule has 0 bridgehead atoms. The number of aromatic nitrogens is 1. The van der Waals surface area contributed by atoms with Crippen LogP contribution in [-0.2, 0) is 4.79 Å². The zero-order chi connectivity index (χ0) is 15.4. The van der Waals surface area contributed by atoms with Crippen molar-refractivity contribution in [1.29, 1.82) is 0 Å². The number of anilines is 2. The molecule has 1 amide bonds. The highest BCUT2D eigenvalue weighted by Gasteiger charge is 2.16. The van der Waals surface area contributed by atoms with Gasteiger partial charge in [-0.3, -0.25) is 4.79 Å². The van der Waals surface area contributed by atoms with Gasteiger partial charge in [0.2, 0.25) is 5.91 Å². The average Bonchev–Trinajstić information content (AvgIpc) is 2.84. The van der Waals surface area contributed by atoms with Gasteiger partial charge >= 0.3 is 0 Å². The quantitative estimate of drug-likeness (QED) is 0.854. The molecular formula is C15H19N3OS2. The molecule has 0 radical (unpaired) electrons. The summed E-state index contributed by atoms with van der Waals surface area (Å²) in [4.78, 5) is 18.6. The Balaban J connectivity index is 1.93. The van der Waals surface area contributed by atoms with E-state index in [0.29, 0.717) is 0 Å². The second-order valence-corrected chi connectivity index (χ2v) is 7.39. The first kappa shape index (κ1) is 15.9. The number of carbonyl (C=O) groups excluding carboxylic acids is 1. The number of aryl methyl sites for hydroxylation is 1. The number of nitrogens with zero attached hydrogens (tertiary/aromatic N) is 2. The molecule has 1 heterocycles. The monoisotopic (exact) mass is 321 g/mol. The number of carbonyl (C=O) groups is 1. The maximum absolute atomic E-state index is 12.2. The molecule has 6 heteroatoms. The Morgan fingerprint density at radius 3 is 2.52 bits per heavy atom. The molecule has 2 aromatic rings. The Hall–Kier alpha value is -1.53. The Morgan fingerprint density at radius 2 is 2.00 bits per heavy atom. The number of nitrogens with one attached hydrogen (secondary N) is 1. The van der Waals surface area contributed by atoms with Gasteiger partial charge in [-0.2, -0.15) is 0 Å². The van der Waals surface area contributed by atoms with Gasteiger partial charge in [-0.25, -0.2) is 4.98 Å². The van der Waals surface area contributed by atoms with Crippen LogP contribution in [0.4, 0.5) is 11.4 Å². The molecule has 0 saturated carbocycles. The molecule has 1 aromatic heterocycles. The standard InChI is InChI=1S/C15H19N3OS2/c1-10-9-20-15(16-10)21-11(2)14(19)17-12-5-7-13(8-6-12)18(3)4/h5-9,11H,1-4H3,(H,17,19). The number of hydrogen-bond donors (Lipinski definition) is 1. The highest BCUT2D eigenvalue weighted by atomic mass is 32.2. The lowest BCUT2D eigenvalue weighted by Gasteiger charge is -2.14. The fraction of sp³-hybridized carbons (Fsp3) is 0.333. The topological polar surface area (TPSA) is 45.2 Å². The molecular weight excluding hydrogens is 302 g/mol. The summed E-state index contributed by atoms with van der Waals surface area (Å²) in [6.45, 7) is 3.85. The number of amides is 1. The molecule has 1 N–H and O–H groups in total. The highest BCUT2D eigenvalue weighted by molar-refractivity contribution is 8.02. The third kappa shape index (κ3) is 4.47. The van der Waals surface area contributed by atoms with Crippen LogP contribution < -0.4 is 10.2 Å². The van der Waals surface area contributed by atoms with Crippen LogP contribution in [0.3, 0.4) is 0 Å². The van der Waals surface area contributed by atoms with E-state index in [1.165, 1.54) is 11.8 Å². The van der Waals surface area contributed by atoms with Crippen LogP contribution in [0, 0.1) is 6.92 Å². The molecule has 1 unspecified atom stereocenters. The van der Waals surface area contributed by atoms with E-state index in [2.05, 4.69) is 10.3 Å². The predicted molar refractivity (Wildman–Crippen MR) is 91.6 cm³/mol. The SMILES string of the molecule is Cc1csc(SC(C)C(=O)Nc2ccc(N(C)C)cc2)n1. The van der Waals surface area contributed by atoms with E-state index in [0.717, 1.165) is 21.4 Å². The summed E-state index contributed by atoms with van der Waals surface area (Å²) in [7, 11) is 3.98. The van der Waals surface area contributed by atoms with E-state index < -0.39 is 0 Å². The Labute approximate surface area is 133 Å². The van der Waals surface area contributed by atoms with Crippen LogP contribution in [-0.4, -0.2) is 30.2 Å². The first-order chi connectivity index (χ1) is 9.95. The highest BCUT2D eigenvalue weighted by Crippen LogP contribution is 2.27. The van der Waals surface area contributed by atoms with Crippen molar-refractivity contribution in [2.75, 3.05) is 24.3 Å². The van der Waals surface area contributed by atoms with Crippen molar-refractivity contribution in [3.8, 4) is 0 Å². The summed E-state index contributed by atoms with van der Waals surface area (Å²) in [6.07, 6.45) is 0. The predicted octanol–water partition coefficient (Wildman–Crippen LogP) is 3.64. The van der Waals surface area contributed by atoms with Gasteiger partial charge in [0.15, 0.2) is 4.34 Å². The summed E-state index contributed by atoms with van der Waals surface area (Å²) in [5.41, 5.74) is 2.91. The molecule has 0 aliphatic heterocycles. The summed E-state index contributed by atoms with van der Waals surface area (Å²) < 4.78 is 0.929. The molecule has 0 spiro atoms. The molecule has 21 heavy (non-hydrogen) atoms. The van der Waals surface area contributed by atoms with Gasteiger partial charge in [-0.15, -0.1) is 11.3 Å². The van der Waals surface area contributed by atoms with Gasteiger partial charge in [-0.1, -0.05) is 11.8 Å². The minimum Gasteiger partial charge on any atom is -0.378 e. The zero-order valence-electron chi connectivity index (χ0n) is 12.6. The van der Waals surface area contributed by atoms with Crippen LogP contribution in [0.2, 0.25) is 0 Å². The third-order valence-corrected chi connectivity index (χ3v) is 5.09. The van der Waals surface area contributed by atoms with Crippen LogP contribution >= 0.6 is 23.1 Å². The number of thioether (sulfide) groups is 1. The van der Waals surface area contributed by atoms with Crippen LogP contribution in [0.15, 0.2) is 34.0 Å². The van der Waals surface area contributed by atoms with Gasteiger partial charge in [0.1, 0.15) is 0 Å². The summed E-state index contributed by atoms with van der Waals surface area (Å²) in [5, 5.41) is 4.75. The normalized spacial score (nSPS) is 12.0. The summed E-state index contributed by atoms with van der Waals surface area (Å²) in [5.74, 6) is -0.00884. The van der Waals surface area contributed by atoms with E-state index in [1.54, 1.807) is 11.3 Å². The van der Waals surface area contributed by atoms with E-state index >= 15 is 0 Å². The number of thiazole rings is 1. The lowest BCUT2D eigenvalue weighted by molar-refractivity contribution is -0.115. The van der Waals surface area contributed by atoms with Crippen molar-refractivity contribution >= 4 is 40.4 Å². The van der Waals surface area contributed by atoms with Gasteiger partial charge in [0.25, 0.3) is 0 Å². The molecule has 0 fully saturated rings. The Bertz CT molecular complexity index is 608. The van der Waals surface area contributed by atoms with Crippen molar-refractivity contribution in [1.82, 2.24) is 4.98 Å². The molecule has 0 saturated heterocycles. The second kappa shape index (κ2) is 6.95. The zero-order valence-corrected chi connectivity index (χ0v) is 14.2. The minimum absolute atomic E-state index is 0.00884. The Morgan fingerprint density at radius 1 is 1.33 bits per heavy atom. The van der Waals surface area contributed by atoms with Gasteiger partial charge in [0, 0.05) is 36.5 Å². The lowest BCUT2D eigenvalue weighted by atomic mass is 10.2. The first-order valence-electron chi connectivity index (χ1n) is 6.63.